The van der Waals surface area contributed by atoms with E-state index in [1.165, 1.54) is 4.90 Å². The standard InChI is InChI=1S/C18H17NO4/c1-2-23-18(22)10-5-7-13(8-6-10)19-16(20)14-11-3-4-12(9-11)15(14)17(19)21/h3-8,11-12,14-15H,2,9H2,1H3/t11-,12-,14-,15+/m1/s1. The third-order valence-electron chi connectivity index (χ3n) is 5.11. The molecule has 1 saturated carbocycles. The molecule has 0 N–H and O–H groups in total. The van der Waals surface area contributed by atoms with E-state index < -0.39 is 5.97 Å². The Labute approximate surface area is 133 Å². The lowest BCUT2D eigenvalue weighted by Gasteiger charge is -2.17. The number of allylic oxidation sites excluding steroid dienone is 2. The Morgan fingerprint density at radius 1 is 1.09 bits per heavy atom. The predicted molar refractivity (Wildman–Crippen MR) is 82.6 cm³/mol. The largest absolute Gasteiger partial charge is 0.462 e. The van der Waals surface area contributed by atoms with Crippen LogP contribution in [-0.4, -0.2) is 24.4 Å². The number of rotatable bonds is 3. The summed E-state index contributed by atoms with van der Waals surface area (Å²) in [5.41, 5.74) is 0.943. The fourth-order valence-corrected chi connectivity index (χ4v) is 4.12. The van der Waals surface area contributed by atoms with Gasteiger partial charge in [-0.15, -0.1) is 0 Å². The summed E-state index contributed by atoms with van der Waals surface area (Å²) in [4.78, 5) is 38.3. The Bertz CT molecular complexity index is 691. The van der Waals surface area contributed by atoms with Crippen LogP contribution in [0, 0.1) is 23.7 Å². The van der Waals surface area contributed by atoms with E-state index in [4.69, 9.17) is 4.74 Å². The fourth-order valence-electron chi connectivity index (χ4n) is 4.12. The van der Waals surface area contributed by atoms with Crippen molar-refractivity contribution in [1.29, 1.82) is 0 Å². The van der Waals surface area contributed by atoms with Gasteiger partial charge >= 0.3 is 5.97 Å². The van der Waals surface area contributed by atoms with Crippen molar-refractivity contribution < 1.29 is 19.1 Å². The van der Waals surface area contributed by atoms with Gasteiger partial charge in [0.1, 0.15) is 0 Å². The molecule has 1 aromatic rings. The lowest BCUT2D eigenvalue weighted by atomic mass is 9.85. The molecular weight excluding hydrogens is 294 g/mol. The third-order valence-corrected chi connectivity index (χ3v) is 5.11. The number of benzene rings is 1. The number of esters is 1. The maximum Gasteiger partial charge on any atom is 0.338 e. The molecule has 2 fully saturated rings. The first-order valence-corrected chi connectivity index (χ1v) is 7.95. The van der Waals surface area contributed by atoms with Crippen molar-refractivity contribution in [3.63, 3.8) is 0 Å². The zero-order valence-electron chi connectivity index (χ0n) is 12.8. The molecule has 2 aliphatic carbocycles. The molecule has 0 spiro atoms. The zero-order valence-corrected chi connectivity index (χ0v) is 12.8. The molecule has 5 nitrogen and oxygen atoms in total. The Morgan fingerprint density at radius 3 is 2.17 bits per heavy atom. The van der Waals surface area contributed by atoms with Crippen molar-refractivity contribution in [2.45, 2.75) is 13.3 Å². The van der Waals surface area contributed by atoms with E-state index in [1.54, 1.807) is 31.2 Å². The summed E-state index contributed by atoms with van der Waals surface area (Å²) in [5.74, 6) is -0.640. The molecule has 2 bridgehead atoms. The van der Waals surface area contributed by atoms with Crippen LogP contribution in [0.25, 0.3) is 0 Å². The van der Waals surface area contributed by atoms with Crippen molar-refractivity contribution in [3.8, 4) is 0 Å². The fraction of sp³-hybridized carbons (Fsp3) is 0.389. The lowest BCUT2D eigenvalue weighted by molar-refractivity contribution is -0.123. The van der Waals surface area contributed by atoms with Crippen LogP contribution >= 0.6 is 0 Å². The van der Waals surface area contributed by atoms with Crippen LogP contribution in [0.15, 0.2) is 36.4 Å². The maximum absolute atomic E-state index is 12.7. The average Bonchev–Trinajstić information content (AvgIpc) is 3.22. The van der Waals surface area contributed by atoms with Gasteiger partial charge in [0.05, 0.1) is 29.7 Å². The van der Waals surface area contributed by atoms with Crippen LogP contribution in [-0.2, 0) is 14.3 Å². The number of fused-ring (bicyclic) bond motifs is 5. The SMILES string of the molecule is CCOC(=O)c1ccc(N2C(=O)[C@@H]3[C@H](C2=O)[C@@H]2C=C[C@@H]3C2)cc1. The minimum Gasteiger partial charge on any atom is -0.462 e. The third kappa shape index (κ3) is 1.96. The van der Waals surface area contributed by atoms with E-state index in [9.17, 15) is 14.4 Å². The van der Waals surface area contributed by atoms with Crippen molar-refractivity contribution in [2.24, 2.45) is 23.7 Å². The first kappa shape index (κ1) is 14.2. The number of hydrogen-bond acceptors (Lipinski definition) is 4. The van der Waals surface area contributed by atoms with Crippen LogP contribution in [0.3, 0.4) is 0 Å². The molecule has 4 atom stereocenters. The number of hydrogen-bond donors (Lipinski definition) is 0. The Hall–Kier alpha value is -2.43. The van der Waals surface area contributed by atoms with Gasteiger partial charge in [-0.05, 0) is 49.4 Å². The number of imide groups is 1. The number of anilines is 1. The topological polar surface area (TPSA) is 63.7 Å². The highest BCUT2D eigenvalue weighted by molar-refractivity contribution is 6.22. The smallest absolute Gasteiger partial charge is 0.338 e. The summed E-state index contributed by atoms with van der Waals surface area (Å²) in [6.07, 6.45) is 5.07. The normalized spacial score (nSPS) is 30.9. The van der Waals surface area contributed by atoms with E-state index in [2.05, 4.69) is 12.2 Å². The molecular formula is C18H17NO4. The van der Waals surface area contributed by atoms with Gasteiger partial charge in [0, 0.05) is 0 Å². The first-order chi connectivity index (χ1) is 11.1. The molecule has 3 aliphatic rings. The maximum atomic E-state index is 12.7. The van der Waals surface area contributed by atoms with Crippen molar-refractivity contribution in [1.82, 2.24) is 0 Å². The van der Waals surface area contributed by atoms with E-state index in [0.29, 0.717) is 17.9 Å². The second-order valence-corrected chi connectivity index (χ2v) is 6.28. The van der Waals surface area contributed by atoms with E-state index in [1.807, 2.05) is 0 Å². The summed E-state index contributed by atoms with van der Waals surface area (Å²) >= 11 is 0. The molecule has 5 heteroatoms. The molecule has 1 aromatic carbocycles. The summed E-state index contributed by atoms with van der Waals surface area (Å²) in [6.45, 7) is 2.05. The summed E-state index contributed by atoms with van der Waals surface area (Å²) in [7, 11) is 0. The van der Waals surface area contributed by atoms with Crippen LogP contribution < -0.4 is 4.90 Å². The number of amides is 2. The monoisotopic (exact) mass is 311 g/mol. The van der Waals surface area contributed by atoms with Gasteiger partial charge in [-0.25, -0.2) is 4.79 Å². The summed E-state index contributed by atoms with van der Waals surface area (Å²) in [6, 6.07) is 6.46. The highest BCUT2D eigenvalue weighted by Crippen LogP contribution is 2.53. The highest BCUT2D eigenvalue weighted by atomic mass is 16.5. The number of ether oxygens (including phenoxy) is 1. The molecule has 1 saturated heterocycles. The van der Waals surface area contributed by atoms with Gasteiger partial charge in [0.15, 0.2) is 0 Å². The van der Waals surface area contributed by atoms with Crippen LogP contribution in [0.5, 0.6) is 0 Å². The van der Waals surface area contributed by atoms with Crippen molar-refractivity contribution in [3.05, 3.63) is 42.0 Å². The van der Waals surface area contributed by atoms with E-state index >= 15 is 0 Å². The predicted octanol–water partition coefficient (Wildman–Crippen LogP) is 2.17. The van der Waals surface area contributed by atoms with Crippen molar-refractivity contribution >= 4 is 23.5 Å². The summed E-state index contributed by atoms with van der Waals surface area (Å²) < 4.78 is 4.94. The number of carbonyl (C=O) groups is 3. The summed E-state index contributed by atoms with van der Waals surface area (Å²) in [5, 5.41) is 0. The number of carbonyl (C=O) groups excluding carboxylic acids is 3. The van der Waals surface area contributed by atoms with E-state index in [0.717, 1.165) is 6.42 Å². The highest BCUT2D eigenvalue weighted by Gasteiger charge is 2.59. The molecule has 0 unspecified atom stereocenters. The second kappa shape index (κ2) is 5.05. The molecule has 1 heterocycles. The minimum absolute atomic E-state index is 0.110. The molecule has 0 aromatic heterocycles. The van der Waals surface area contributed by atoms with Gasteiger partial charge in [-0.3, -0.25) is 14.5 Å². The van der Waals surface area contributed by atoms with E-state index in [-0.39, 0.29) is 35.5 Å². The Kier molecular flexibility index (Phi) is 3.11. The van der Waals surface area contributed by atoms with Crippen molar-refractivity contribution in [2.75, 3.05) is 11.5 Å². The van der Waals surface area contributed by atoms with Crippen LogP contribution in [0.2, 0.25) is 0 Å². The molecule has 23 heavy (non-hydrogen) atoms. The molecule has 118 valence electrons. The minimum atomic E-state index is -0.405. The molecule has 1 aliphatic heterocycles. The van der Waals surface area contributed by atoms with Gasteiger partial charge in [-0.1, -0.05) is 12.2 Å². The quantitative estimate of drug-likeness (QED) is 0.487. The van der Waals surface area contributed by atoms with Gasteiger partial charge in [-0.2, -0.15) is 0 Å². The average molecular weight is 311 g/mol. The molecule has 2 amide bonds. The Balaban J connectivity index is 1.61. The first-order valence-electron chi connectivity index (χ1n) is 7.95. The zero-order chi connectivity index (χ0) is 16.1. The number of nitrogens with zero attached hydrogens (tertiary/aromatic N) is 1. The van der Waals surface area contributed by atoms with Gasteiger partial charge in [0.2, 0.25) is 11.8 Å². The second-order valence-electron chi connectivity index (χ2n) is 6.28. The van der Waals surface area contributed by atoms with Gasteiger partial charge in [0.25, 0.3) is 0 Å². The van der Waals surface area contributed by atoms with Crippen LogP contribution in [0.1, 0.15) is 23.7 Å². The molecule has 4 rings (SSSR count). The lowest BCUT2D eigenvalue weighted by Crippen LogP contribution is -2.32. The Morgan fingerprint density at radius 2 is 1.65 bits per heavy atom. The van der Waals surface area contributed by atoms with Gasteiger partial charge < -0.3 is 4.74 Å². The van der Waals surface area contributed by atoms with Crippen LogP contribution in [0.4, 0.5) is 5.69 Å². The molecule has 0 radical (unpaired) electrons.